The summed E-state index contributed by atoms with van der Waals surface area (Å²) < 4.78 is 10.9. The summed E-state index contributed by atoms with van der Waals surface area (Å²) in [5.41, 5.74) is 1.62. The van der Waals surface area contributed by atoms with E-state index in [2.05, 4.69) is 5.32 Å². The lowest BCUT2D eigenvalue weighted by molar-refractivity contribution is -0.142. The third kappa shape index (κ3) is 7.90. The van der Waals surface area contributed by atoms with Crippen LogP contribution < -0.4 is 14.8 Å². The number of halogens is 2. The Morgan fingerprint density at radius 1 is 0.972 bits per heavy atom. The van der Waals surface area contributed by atoms with E-state index in [9.17, 15) is 9.59 Å². The Morgan fingerprint density at radius 2 is 1.67 bits per heavy atom. The normalized spacial score (nSPS) is 11.4. The number of rotatable bonds is 12. The molecule has 8 heteroatoms. The molecule has 0 aliphatic rings. The van der Waals surface area contributed by atoms with Crippen LogP contribution in [-0.2, 0) is 22.6 Å². The molecule has 0 saturated heterocycles. The molecule has 0 spiro atoms. The Balaban J connectivity index is 1.90. The van der Waals surface area contributed by atoms with Crippen LogP contribution in [0.4, 0.5) is 0 Å². The molecule has 0 fully saturated rings. The Labute approximate surface area is 222 Å². The van der Waals surface area contributed by atoms with Gasteiger partial charge in [-0.05, 0) is 53.9 Å². The highest BCUT2D eigenvalue weighted by Crippen LogP contribution is 2.24. The highest BCUT2D eigenvalue weighted by Gasteiger charge is 2.31. The van der Waals surface area contributed by atoms with Crippen LogP contribution in [-0.4, -0.2) is 43.0 Å². The Bertz CT molecular complexity index is 1140. The molecular formula is C28H30Cl2N2O4. The first-order valence-corrected chi connectivity index (χ1v) is 12.5. The minimum Gasteiger partial charge on any atom is -0.497 e. The topological polar surface area (TPSA) is 67.9 Å². The molecule has 1 unspecified atom stereocenters. The van der Waals surface area contributed by atoms with Crippen molar-refractivity contribution in [2.75, 3.05) is 20.3 Å². The highest BCUT2D eigenvalue weighted by molar-refractivity contribution is 6.35. The van der Waals surface area contributed by atoms with Crippen LogP contribution in [0.1, 0.15) is 24.5 Å². The van der Waals surface area contributed by atoms with E-state index in [1.54, 1.807) is 49.6 Å². The van der Waals surface area contributed by atoms with Gasteiger partial charge in [0, 0.05) is 29.6 Å². The van der Waals surface area contributed by atoms with Crippen molar-refractivity contribution >= 4 is 35.0 Å². The average molecular weight is 529 g/mol. The Kier molecular flexibility index (Phi) is 10.5. The van der Waals surface area contributed by atoms with Gasteiger partial charge in [-0.3, -0.25) is 9.59 Å². The van der Waals surface area contributed by atoms with Gasteiger partial charge in [-0.2, -0.15) is 0 Å². The molecule has 0 bridgehead atoms. The molecule has 1 N–H and O–H groups in total. The molecule has 0 heterocycles. The number of ether oxygens (including phenoxy) is 2. The predicted molar refractivity (Wildman–Crippen MR) is 143 cm³/mol. The fourth-order valence-corrected chi connectivity index (χ4v) is 4.12. The summed E-state index contributed by atoms with van der Waals surface area (Å²) in [5, 5.41) is 3.85. The first-order valence-electron chi connectivity index (χ1n) is 11.7. The van der Waals surface area contributed by atoms with Gasteiger partial charge in [0.1, 0.15) is 17.5 Å². The van der Waals surface area contributed by atoms with Gasteiger partial charge in [0.25, 0.3) is 5.91 Å². The molecule has 2 amide bonds. The summed E-state index contributed by atoms with van der Waals surface area (Å²) in [6, 6.07) is 20.9. The largest absolute Gasteiger partial charge is 0.497 e. The van der Waals surface area contributed by atoms with E-state index in [0.29, 0.717) is 40.1 Å². The maximum absolute atomic E-state index is 13.6. The second kappa shape index (κ2) is 13.8. The van der Waals surface area contributed by atoms with Crippen molar-refractivity contribution in [3.63, 3.8) is 0 Å². The lowest BCUT2D eigenvalue weighted by Gasteiger charge is -2.31. The van der Waals surface area contributed by atoms with Gasteiger partial charge < -0.3 is 19.7 Å². The van der Waals surface area contributed by atoms with Gasteiger partial charge in [0.05, 0.1) is 7.11 Å². The molecule has 190 valence electrons. The predicted octanol–water partition coefficient (Wildman–Crippen LogP) is 5.55. The van der Waals surface area contributed by atoms with Crippen LogP contribution in [0.3, 0.4) is 0 Å². The second-order valence-electron chi connectivity index (χ2n) is 8.22. The number of amides is 2. The second-order valence-corrected chi connectivity index (χ2v) is 9.06. The maximum Gasteiger partial charge on any atom is 0.261 e. The Hall–Kier alpha value is -3.22. The summed E-state index contributed by atoms with van der Waals surface area (Å²) in [6.45, 7) is 2.36. The van der Waals surface area contributed by atoms with Crippen LogP contribution in [0.15, 0.2) is 72.8 Å². The van der Waals surface area contributed by atoms with E-state index in [1.807, 2.05) is 37.3 Å². The van der Waals surface area contributed by atoms with Gasteiger partial charge in [-0.1, -0.05) is 66.5 Å². The monoisotopic (exact) mass is 528 g/mol. The molecule has 0 aromatic heterocycles. The van der Waals surface area contributed by atoms with Crippen LogP contribution in [0.5, 0.6) is 11.5 Å². The van der Waals surface area contributed by atoms with Crippen LogP contribution in [0.2, 0.25) is 10.0 Å². The van der Waals surface area contributed by atoms with E-state index in [-0.39, 0.29) is 25.0 Å². The molecular weight excluding hydrogens is 499 g/mol. The Morgan fingerprint density at radius 3 is 2.31 bits per heavy atom. The van der Waals surface area contributed by atoms with E-state index < -0.39 is 6.04 Å². The SMILES string of the molecule is CCCNC(=O)C(Cc1ccccc1)N(Cc1ccc(Cl)cc1Cl)C(=O)COc1ccc(OC)cc1. The summed E-state index contributed by atoms with van der Waals surface area (Å²) >= 11 is 12.5. The molecule has 0 radical (unpaired) electrons. The van der Waals surface area contributed by atoms with Gasteiger partial charge in [-0.15, -0.1) is 0 Å². The smallest absolute Gasteiger partial charge is 0.261 e. The zero-order valence-electron chi connectivity index (χ0n) is 20.4. The van der Waals surface area contributed by atoms with Gasteiger partial charge in [0.2, 0.25) is 5.91 Å². The molecule has 0 aliphatic carbocycles. The number of hydrogen-bond donors (Lipinski definition) is 1. The van der Waals surface area contributed by atoms with Crippen molar-refractivity contribution in [2.45, 2.75) is 32.4 Å². The van der Waals surface area contributed by atoms with E-state index in [0.717, 1.165) is 12.0 Å². The van der Waals surface area contributed by atoms with Gasteiger partial charge in [0.15, 0.2) is 6.61 Å². The molecule has 1 atom stereocenters. The van der Waals surface area contributed by atoms with E-state index in [4.69, 9.17) is 32.7 Å². The zero-order valence-corrected chi connectivity index (χ0v) is 21.9. The first kappa shape index (κ1) is 27.4. The zero-order chi connectivity index (χ0) is 25.9. The quantitative estimate of drug-likeness (QED) is 0.334. The van der Waals surface area contributed by atoms with Crippen molar-refractivity contribution in [3.8, 4) is 11.5 Å². The average Bonchev–Trinajstić information content (AvgIpc) is 2.89. The maximum atomic E-state index is 13.6. The van der Waals surface area contributed by atoms with Crippen LogP contribution in [0, 0.1) is 0 Å². The summed E-state index contributed by atoms with van der Waals surface area (Å²) in [6.07, 6.45) is 1.12. The molecule has 3 rings (SSSR count). The van der Waals surface area contributed by atoms with Crippen molar-refractivity contribution in [1.82, 2.24) is 10.2 Å². The lowest BCUT2D eigenvalue weighted by atomic mass is 10.0. The number of hydrogen-bond acceptors (Lipinski definition) is 4. The number of carbonyl (C=O) groups is 2. The molecule has 3 aromatic rings. The number of nitrogens with one attached hydrogen (secondary N) is 1. The summed E-state index contributed by atoms with van der Waals surface area (Å²) in [7, 11) is 1.58. The number of methoxy groups -OCH3 is 1. The van der Waals surface area contributed by atoms with Crippen LogP contribution >= 0.6 is 23.2 Å². The van der Waals surface area contributed by atoms with Crippen molar-refractivity contribution < 1.29 is 19.1 Å². The lowest BCUT2D eigenvalue weighted by Crippen LogP contribution is -2.51. The van der Waals surface area contributed by atoms with Gasteiger partial charge >= 0.3 is 0 Å². The number of benzene rings is 3. The molecule has 36 heavy (non-hydrogen) atoms. The fraction of sp³-hybridized carbons (Fsp3) is 0.286. The first-order chi connectivity index (χ1) is 17.4. The van der Waals surface area contributed by atoms with E-state index in [1.165, 1.54) is 4.90 Å². The summed E-state index contributed by atoms with van der Waals surface area (Å²) in [5.74, 6) is 0.625. The fourth-order valence-electron chi connectivity index (χ4n) is 3.65. The number of nitrogens with zero attached hydrogens (tertiary/aromatic N) is 1. The molecule has 0 saturated carbocycles. The van der Waals surface area contributed by atoms with Crippen molar-refractivity contribution in [3.05, 3.63) is 94.0 Å². The number of carbonyl (C=O) groups excluding carboxylic acids is 2. The summed E-state index contributed by atoms with van der Waals surface area (Å²) in [4.78, 5) is 28.4. The minimum absolute atomic E-state index is 0.123. The third-order valence-corrected chi connectivity index (χ3v) is 6.18. The molecule has 6 nitrogen and oxygen atoms in total. The van der Waals surface area contributed by atoms with Crippen molar-refractivity contribution in [2.24, 2.45) is 0 Å². The standard InChI is InChI=1S/C28H30Cl2N2O4/c1-3-15-31-28(34)26(16-20-7-5-4-6-8-20)32(18-21-9-10-22(29)17-25(21)30)27(33)19-36-24-13-11-23(35-2)12-14-24/h4-14,17,26H,3,15-16,18-19H2,1-2H3,(H,31,34). The minimum atomic E-state index is -0.766. The molecule has 0 aliphatic heterocycles. The van der Waals surface area contributed by atoms with Crippen LogP contribution in [0.25, 0.3) is 0 Å². The molecule has 3 aromatic carbocycles. The highest BCUT2D eigenvalue weighted by atomic mass is 35.5. The van der Waals surface area contributed by atoms with Gasteiger partial charge in [-0.25, -0.2) is 0 Å². The van der Waals surface area contributed by atoms with E-state index >= 15 is 0 Å². The third-order valence-electron chi connectivity index (χ3n) is 5.60. The van der Waals surface area contributed by atoms with Crippen molar-refractivity contribution in [1.29, 1.82) is 0 Å².